The van der Waals surface area contributed by atoms with E-state index in [0.29, 0.717) is 39.6 Å². The minimum atomic E-state index is -1.25. The third-order valence-electron chi connectivity index (χ3n) is 6.27. The first-order valence-corrected chi connectivity index (χ1v) is 12.0. The molecule has 9 heteroatoms. The number of thiocarbonyl (C=S) groups is 1. The summed E-state index contributed by atoms with van der Waals surface area (Å²) >= 11 is 11.7. The molecule has 2 aliphatic rings. The maximum atomic E-state index is 13.8. The number of carbonyl (C=O) groups excluding carboxylic acids is 1. The predicted molar refractivity (Wildman–Crippen MR) is 138 cm³/mol. The van der Waals surface area contributed by atoms with E-state index in [1.807, 2.05) is 32.0 Å². The number of amides is 1. The van der Waals surface area contributed by atoms with Gasteiger partial charge in [0.25, 0.3) is 0 Å². The van der Waals surface area contributed by atoms with Crippen LogP contribution in [0.2, 0.25) is 5.02 Å². The number of hydrogen-bond donors (Lipinski definition) is 2. The van der Waals surface area contributed by atoms with Gasteiger partial charge in [-0.15, -0.1) is 0 Å². The van der Waals surface area contributed by atoms with E-state index in [1.54, 1.807) is 41.3 Å². The van der Waals surface area contributed by atoms with Crippen molar-refractivity contribution in [1.29, 1.82) is 0 Å². The van der Waals surface area contributed by atoms with E-state index in [2.05, 4.69) is 10.6 Å². The van der Waals surface area contributed by atoms with Gasteiger partial charge in [0.15, 0.2) is 22.3 Å². The Hall–Kier alpha value is -3.36. The molecule has 1 saturated heterocycles. The van der Waals surface area contributed by atoms with Crippen molar-refractivity contribution in [2.45, 2.75) is 25.6 Å². The lowest BCUT2D eigenvalue weighted by Crippen LogP contribution is -2.72. The van der Waals surface area contributed by atoms with Crippen LogP contribution in [0.15, 0.2) is 66.7 Å². The van der Waals surface area contributed by atoms with Crippen molar-refractivity contribution in [2.24, 2.45) is 5.92 Å². The number of anilines is 2. The first-order valence-electron chi connectivity index (χ1n) is 11.2. The molecule has 0 saturated carbocycles. The number of fused-ring (bicyclic) bond motifs is 4. The Labute approximate surface area is 213 Å². The zero-order chi connectivity index (χ0) is 24.7. The standard InChI is InChI=1S/C26H23ClFN3O3S/c1-3-33-20-6-4-5-19-22-21(24(32)29-17-11-7-15(27)8-12-17)26(2,34-23(19)20)31(25(35)30-22)18-13-9-16(28)10-14-18/h4-14,21-22H,3H2,1-2H3,(H,29,32)(H,30,35)/t21-,22-,26-/m0/s1. The Kier molecular flexibility index (Phi) is 6.02. The van der Waals surface area contributed by atoms with Crippen molar-refractivity contribution >= 4 is 46.2 Å². The van der Waals surface area contributed by atoms with Crippen LogP contribution in [0.25, 0.3) is 0 Å². The first-order chi connectivity index (χ1) is 16.8. The quantitative estimate of drug-likeness (QED) is 0.430. The zero-order valence-corrected chi connectivity index (χ0v) is 20.6. The molecule has 2 aliphatic heterocycles. The van der Waals surface area contributed by atoms with Crippen LogP contribution in [0.4, 0.5) is 15.8 Å². The monoisotopic (exact) mass is 511 g/mol. The number of benzene rings is 3. The van der Waals surface area contributed by atoms with Crippen molar-refractivity contribution in [3.8, 4) is 11.5 Å². The molecule has 1 fully saturated rings. The summed E-state index contributed by atoms with van der Waals surface area (Å²) in [5, 5.41) is 7.25. The second kappa shape index (κ2) is 9.02. The minimum Gasteiger partial charge on any atom is -0.490 e. The molecule has 1 amide bonds. The summed E-state index contributed by atoms with van der Waals surface area (Å²) in [5.41, 5.74) is 0.713. The van der Waals surface area contributed by atoms with Gasteiger partial charge in [0.05, 0.1) is 12.6 Å². The highest BCUT2D eigenvalue weighted by molar-refractivity contribution is 7.80. The maximum Gasteiger partial charge on any atom is 0.236 e. The van der Waals surface area contributed by atoms with Crippen LogP contribution in [0.3, 0.4) is 0 Å². The number of ether oxygens (including phenoxy) is 2. The molecule has 2 heterocycles. The summed E-state index contributed by atoms with van der Waals surface area (Å²) in [5.74, 6) is -0.266. The Morgan fingerprint density at radius 3 is 2.60 bits per heavy atom. The highest BCUT2D eigenvalue weighted by Crippen LogP contribution is 2.52. The van der Waals surface area contributed by atoms with Gasteiger partial charge in [0.1, 0.15) is 11.7 Å². The van der Waals surface area contributed by atoms with Gasteiger partial charge in [-0.1, -0.05) is 23.7 Å². The van der Waals surface area contributed by atoms with Crippen LogP contribution in [-0.2, 0) is 4.79 Å². The molecule has 2 bridgehead atoms. The molecule has 35 heavy (non-hydrogen) atoms. The van der Waals surface area contributed by atoms with Crippen LogP contribution in [0.5, 0.6) is 11.5 Å². The summed E-state index contributed by atoms with van der Waals surface area (Å²) in [6.45, 7) is 4.16. The van der Waals surface area contributed by atoms with Crippen LogP contribution >= 0.6 is 23.8 Å². The fraction of sp³-hybridized carbons (Fsp3) is 0.231. The lowest BCUT2D eigenvalue weighted by molar-refractivity contribution is -0.130. The summed E-state index contributed by atoms with van der Waals surface area (Å²) in [6, 6.07) is 17.9. The summed E-state index contributed by atoms with van der Waals surface area (Å²) in [4.78, 5) is 15.5. The van der Waals surface area contributed by atoms with Gasteiger partial charge in [-0.3, -0.25) is 9.69 Å². The second-order valence-corrected chi connectivity index (χ2v) is 9.30. The molecule has 0 radical (unpaired) electrons. The topological polar surface area (TPSA) is 62.8 Å². The van der Waals surface area contributed by atoms with E-state index in [-0.39, 0.29) is 11.7 Å². The van der Waals surface area contributed by atoms with Crippen LogP contribution in [-0.4, -0.2) is 23.4 Å². The fourth-order valence-electron chi connectivity index (χ4n) is 4.77. The number of halogens is 2. The second-order valence-electron chi connectivity index (χ2n) is 8.48. The Balaban J connectivity index is 1.63. The average Bonchev–Trinajstić information content (AvgIpc) is 2.82. The molecule has 0 spiro atoms. The van der Waals surface area contributed by atoms with Gasteiger partial charge in [-0.05, 0) is 80.7 Å². The van der Waals surface area contributed by atoms with Crippen molar-refractivity contribution in [3.63, 3.8) is 0 Å². The van der Waals surface area contributed by atoms with E-state index < -0.39 is 17.7 Å². The predicted octanol–water partition coefficient (Wildman–Crippen LogP) is 5.68. The summed E-state index contributed by atoms with van der Waals surface area (Å²) in [6.07, 6.45) is 0. The SMILES string of the molecule is CCOc1cccc2c1O[C@@]1(C)[C@H](C(=O)Nc3ccc(Cl)cc3)[C@H]2NC(=S)N1c1ccc(F)cc1. The average molecular weight is 512 g/mol. The summed E-state index contributed by atoms with van der Waals surface area (Å²) in [7, 11) is 0. The fourth-order valence-corrected chi connectivity index (χ4v) is 5.31. The van der Waals surface area contributed by atoms with Gasteiger partial charge < -0.3 is 20.1 Å². The number of nitrogens with zero attached hydrogens (tertiary/aromatic N) is 1. The third kappa shape index (κ3) is 4.06. The molecule has 3 aromatic carbocycles. The van der Waals surface area contributed by atoms with E-state index >= 15 is 0 Å². The van der Waals surface area contributed by atoms with Crippen molar-refractivity contribution in [2.75, 3.05) is 16.8 Å². The Bertz CT molecular complexity index is 1290. The number of carbonyl (C=O) groups is 1. The van der Waals surface area contributed by atoms with Crippen molar-refractivity contribution in [3.05, 3.63) is 83.1 Å². The minimum absolute atomic E-state index is 0.269. The molecular weight excluding hydrogens is 489 g/mol. The van der Waals surface area contributed by atoms with E-state index in [0.717, 1.165) is 5.56 Å². The molecule has 5 rings (SSSR count). The number of para-hydroxylation sites is 1. The molecule has 180 valence electrons. The van der Waals surface area contributed by atoms with E-state index in [9.17, 15) is 9.18 Å². The van der Waals surface area contributed by atoms with Crippen LogP contribution < -0.4 is 25.0 Å². The Morgan fingerprint density at radius 1 is 1.20 bits per heavy atom. The molecule has 0 aliphatic carbocycles. The smallest absolute Gasteiger partial charge is 0.236 e. The molecule has 3 aromatic rings. The highest BCUT2D eigenvalue weighted by Gasteiger charge is 2.59. The van der Waals surface area contributed by atoms with Crippen LogP contribution in [0.1, 0.15) is 25.5 Å². The zero-order valence-electron chi connectivity index (χ0n) is 19.0. The molecule has 0 aromatic heterocycles. The molecule has 2 N–H and O–H groups in total. The van der Waals surface area contributed by atoms with Gasteiger partial charge in [0, 0.05) is 22.0 Å². The lowest BCUT2D eigenvalue weighted by Gasteiger charge is -2.56. The van der Waals surface area contributed by atoms with E-state index in [1.165, 1.54) is 12.1 Å². The highest BCUT2D eigenvalue weighted by atomic mass is 35.5. The first kappa shape index (κ1) is 23.4. The molecule has 3 atom stereocenters. The third-order valence-corrected chi connectivity index (χ3v) is 6.82. The normalized spacial score (nSPS) is 22.5. The molecule has 6 nitrogen and oxygen atoms in total. The van der Waals surface area contributed by atoms with Gasteiger partial charge in [-0.25, -0.2) is 4.39 Å². The van der Waals surface area contributed by atoms with Crippen molar-refractivity contribution in [1.82, 2.24) is 5.32 Å². The van der Waals surface area contributed by atoms with Gasteiger partial charge >= 0.3 is 0 Å². The van der Waals surface area contributed by atoms with Crippen molar-refractivity contribution < 1.29 is 18.7 Å². The summed E-state index contributed by atoms with van der Waals surface area (Å²) < 4.78 is 26.2. The molecule has 0 unspecified atom stereocenters. The maximum absolute atomic E-state index is 13.8. The molecular formula is C26H23ClFN3O3S. The van der Waals surface area contributed by atoms with E-state index in [4.69, 9.17) is 33.3 Å². The number of nitrogens with one attached hydrogen (secondary N) is 2. The number of rotatable bonds is 5. The lowest BCUT2D eigenvalue weighted by atomic mass is 9.78. The van der Waals surface area contributed by atoms with Crippen LogP contribution in [0, 0.1) is 11.7 Å². The largest absolute Gasteiger partial charge is 0.490 e. The van der Waals surface area contributed by atoms with Gasteiger partial charge in [-0.2, -0.15) is 0 Å². The van der Waals surface area contributed by atoms with Gasteiger partial charge in [0.2, 0.25) is 5.91 Å². The number of hydrogen-bond acceptors (Lipinski definition) is 4. The Morgan fingerprint density at radius 2 is 1.91 bits per heavy atom.